The highest BCUT2D eigenvalue weighted by molar-refractivity contribution is 5.95. The Morgan fingerprint density at radius 2 is 1.86 bits per heavy atom. The third-order valence-electron chi connectivity index (χ3n) is 1.85. The summed E-state index contributed by atoms with van der Waals surface area (Å²) in [5, 5.41) is 15.7. The van der Waals surface area contributed by atoms with Crippen molar-refractivity contribution >= 4 is 11.8 Å². The SMILES string of the molecule is N=C(N)c1ccc([C@H](N)C(=O)O)cc1. The second-order valence-electron chi connectivity index (χ2n) is 2.85. The first-order valence-corrected chi connectivity index (χ1v) is 3.95. The van der Waals surface area contributed by atoms with Gasteiger partial charge in [0.1, 0.15) is 11.9 Å². The van der Waals surface area contributed by atoms with Gasteiger partial charge in [-0.05, 0) is 5.56 Å². The molecule has 0 aliphatic rings. The number of nitrogen functional groups attached to an aromatic ring is 1. The van der Waals surface area contributed by atoms with Gasteiger partial charge in [-0.25, -0.2) is 0 Å². The highest BCUT2D eigenvalue weighted by atomic mass is 16.4. The summed E-state index contributed by atoms with van der Waals surface area (Å²) in [4.78, 5) is 10.5. The van der Waals surface area contributed by atoms with Gasteiger partial charge in [0, 0.05) is 5.56 Å². The van der Waals surface area contributed by atoms with Gasteiger partial charge in [-0.3, -0.25) is 10.2 Å². The van der Waals surface area contributed by atoms with E-state index in [0.29, 0.717) is 11.1 Å². The van der Waals surface area contributed by atoms with Crippen LogP contribution >= 0.6 is 0 Å². The van der Waals surface area contributed by atoms with Gasteiger partial charge >= 0.3 is 5.97 Å². The molecular formula is C9H11N3O2. The van der Waals surface area contributed by atoms with Gasteiger partial charge in [0.25, 0.3) is 0 Å². The molecule has 0 spiro atoms. The van der Waals surface area contributed by atoms with Gasteiger partial charge in [-0.1, -0.05) is 24.3 Å². The van der Waals surface area contributed by atoms with Crippen LogP contribution in [0.15, 0.2) is 24.3 Å². The Labute approximate surface area is 80.8 Å². The number of nitrogens with one attached hydrogen (secondary N) is 1. The van der Waals surface area contributed by atoms with E-state index >= 15 is 0 Å². The van der Waals surface area contributed by atoms with Gasteiger partial charge < -0.3 is 16.6 Å². The molecule has 0 aromatic heterocycles. The zero-order valence-electron chi connectivity index (χ0n) is 7.40. The number of nitrogens with two attached hydrogens (primary N) is 2. The average Bonchev–Trinajstić information content (AvgIpc) is 2.16. The zero-order valence-corrected chi connectivity index (χ0v) is 7.40. The number of hydrogen-bond donors (Lipinski definition) is 4. The van der Waals surface area contributed by atoms with Crippen LogP contribution in [0.4, 0.5) is 0 Å². The quantitative estimate of drug-likeness (QED) is 0.401. The van der Waals surface area contributed by atoms with Crippen molar-refractivity contribution in [2.45, 2.75) is 6.04 Å². The molecule has 0 saturated heterocycles. The van der Waals surface area contributed by atoms with Crippen LogP contribution in [0.3, 0.4) is 0 Å². The summed E-state index contributed by atoms with van der Waals surface area (Å²) < 4.78 is 0. The molecule has 1 rings (SSSR count). The van der Waals surface area contributed by atoms with Crippen LogP contribution in [-0.2, 0) is 4.79 Å². The molecule has 5 heteroatoms. The van der Waals surface area contributed by atoms with Gasteiger partial charge in [-0.2, -0.15) is 0 Å². The van der Waals surface area contributed by atoms with Crippen molar-refractivity contribution in [2.75, 3.05) is 0 Å². The highest BCUT2D eigenvalue weighted by Gasteiger charge is 2.13. The van der Waals surface area contributed by atoms with Crippen molar-refractivity contribution in [2.24, 2.45) is 11.5 Å². The molecule has 0 radical (unpaired) electrons. The maximum Gasteiger partial charge on any atom is 0.325 e. The van der Waals surface area contributed by atoms with Crippen LogP contribution in [-0.4, -0.2) is 16.9 Å². The van der Waals surface area contributed by atoms with E-state index in [1.807, 2.05) is 0 Å². The zero-order chi connectivity index (χ0) is 10.7. The summed E-state index contributed by atoms with van der Waals surface area (Å²) in [7, 11) is 0. The fraction of sp³-hybridized carbons (Fsp3) is 0.111. The van der Waals surface area contributed by atoms with Crippen molar-refractivity contribution in [1.82, 2.24) is 0 Å². The number of amidine groups is 1. The Balaban J connectivity index is 2.94. The van der Waals surface area contributed by atoms with Crippen molar-refractivity contribution in [1.29, 1.82) is 5.41 Å². The first-order valence-electron chi connectivity index (χ1n) is 3.95. The van der Waals surface area contributed by atoms with Crippen LogP contribution in [0.5, 0.6) is 0 Å². The van der Waals surface area contributed by atoms with E-state index in [-0.39, 0.29) is 5.84 Å². The molecule has 1 aromatic rings. The van der Waals surface area contributed by atoms with E-state index < -0.39 is 12.0 Å². The van der Waals surface area contributed by atoms with Gasteiger partial charge in [-0.15, -0.1) is 0 Å². The summed E-state index contributed by atoms with van der Waals surface area (Å²) in [6.07, 6.45) is 0. The van der Waals surface area contributed by atoms with E-state index in [9.17, 15) is 4.79 Å². The standard InChI is InChI=1S/C9H11N3O2/c10-7(9(13)14)5-1-3-6(4-2-5)8(11)12/h1-4,7H,10H2,(H3,11,12)(H,13,14)/t7-/m0/s1. The molecule has 0 unspecified atom stereocenters. The molecule has 5 nitrogen and oxygen atoms in total. The monoisotopic (exact) mass is 193 g/mol. The van der Waals surface area contributed by atoms with Gasteiger partial charge in [0.15, 0.2) is 0 Å². The maximum absolute atomic E-state index is 10.5. The van der Waals surface area contributed by atoms with E-state index in [1.165, 1.54) is 0 Å². The normalized spacial score (nSPS) is 12.1. The average molecular weight is 193 g/mol. The lowest BCUT2D eigenvalue weighted by Gasteiger charge is -2.06. The van der Waals surface area contributed by atoms with Gasteiger partial charge in [0.05, 0.1) is 0 Å². The Kier molecular flexibility index (Phi) is 2.83. The Morgan fingerprint density at radius 1 is 1.36 bits per heavy atom. The largest absolute Gasteiger partial charge is 0.480 e. The number of carboxylic acids is 1. The first-order chi connectivity index (χ1) is 6.52. The fourth-order valence-electron chi connectivity index (χ4n) is 1.01. The van der Waals surface area contributed by atoms with Crippen LogP contribution in [0.25, 0.3) is 0 Å². The van der Waals surface area contributed by atoms with E-state index in [4.69, 9.17) is 22.0 Å². The topological polar surface area (TPSA) is 113 Å². The minimum atomic E-state index is -1.08. The molecule has 0 aliphatic carbocycles. The van der Waals surface area contributed by atoms with E-state index in [0.717, 1.165) is 0 Å². The maximum atomic E-state index is 10.5. The lowest BCUT2D eigenvalue weighted by atomic mass is 10.1. The molecule has 0 saturated carbocycles. The minimum absolute atomic E-state index is 0.0551. The summed E-state index contributed by atoms with van der Waals surface area (Å²) in [5.41, 5.74) is 11.7. The summed E-state index contributed by atoms with van der Waals surface area (Å²) >= 11 is 0. The molecular weight excluding hydrogens is 182 g/mol. The Hall–Kier alpha value is -1.88. The fourth-order valence-corrected chi connectivity index (χ4v) is 1.01. The number of hydrogen-bond acceptors (Lipinski definition) is 3. The third-order valence-corrected chi connectivity index (χ3v) is 1.85. The lowest BCUT2D eigenvalue weighted by molar-refractivity contribution is -0.138. The number of rotatable bonds is 3. The first kappa shape index (κ1) is 10.2. The van der Waals surface area contributed by atoms with Crippen LogP contribution in [0, 0.1) is 5.41 Å². The van der Waals surface area contributed by atoms with E-state index in [1.54, 1.807) is 24.3 Å². The number of aliphatic carboxylic acids is 1. The lowest BCUT2D eigenvalue weighted by Crippen LogP contribution is -2.20. The summed E-state index contributed by atoms with van der Waals surface area (Å²) in [6, 6.07) is 5.21. The molecule has 0 bridgehead atoms. The van der Waals surface area contributed by atoms with Gasteiger partial charge in [0.2, 0.25) is 0 Å². The third kappa shape index (κ3) is 2.08. The summed E-state index contributed by atoms with van der Waals surface area (Å²) in [6.45, 7) is 0. The molecule has 0 heterocycles. The Bertz CT molecular complexity index is 359. The molecule has 0 aliphatic heterocycles. The minimum Gasteiger partial charge on any atom is -0.480 e. The molecule has 6 N–H and O–H groups in total. The number of carboxylic acid groups (broad SMARTS) is 1. The van der Waals surface area contributed by atoms with Crippen LogP contribution in [0.1, 0.15) is 17.2 Å². The van der Waals surface area contributed by atoms with E-state index in [2.05, 4.69) is 0 Å². The molecule has 0 amide bonds. The van der Waals surface area contributed by atoms with Crippen molar-refractivity contribution in [3.63, 3.8) is 0 Å². The number of benzene rings is 1. The van der Waals surface area contributed by atoms with Crippen molar-refractivity contribution in [3.05, 3.63) is 35.4 Å². The Morgan fingerprint density at radius 3 is 2.21 bits per heavy atom. The molecule has 1 atom stereocenters. The second kappa shape index (κ2) is 3.89. The predicted octanol–water partition coefficient (Wildman–Crippen LogP) is 0.0551. The number of carbonyl (C=O) groups is 1. The predicted molar refractivity (Wildman–Crippen MR) is 52.0 cm³/mol. The molecule has 14 heavy (non-hydrogen) atoms. The molecule has 1 aromatic carbocycles. The van der Waals surface area contributed by atoms with Crippen molar-refractivity contribution in [3.8, 4) is 0 Å². The van der Waals surface area contributed by atoms with Crippen LogP contribution < -0.4 is 11.5 Å². The van der Waals surface area contributed by atoms with Crippen LogP contribution in [0.2, 0.25) is 0 Å². The smallest absolute Gasteiger partial charge is 0.325 e. The molecule has 74 valence electrons. The summed E-state index contributed by atoms with van der Waals surface area (Å²) in [5.74, 6) is -1.14. The molecule has 0 fully saturated rings. The highest BCUT2D eigenvalue weighted by Crippen LogP contribution is 2.11. The van der Waals surface area contributed by atoms with Crippen molar-refractivity contribution < 1.29 is 9.90 Å². The second-order valence-corrected chi connectivity index (χ2v) is 2.85.